The predicted octanol–water partition coefficient (Wildman–Crippen LogP) is 4.58. The van der Waals surface area contributed by atoms with Crippen LogP contribution in [0.5, 0.6) is 5.75 Å². The van der Waals surface area contributed by atoms with Crippen molar-refractivity contribution in [3.05, 3.63) is 70.6 Å². The van der Waals surface area contributed by atoms with Crippen molar-refractivity contribution in [2.45, 2.75) is 31.7 Å². The number of hydrogen-bond acceptors (Lipinski definition) is 4. The van der Waals surface area contributed by atoms with E-state index in [1.165, 1.54) is 0 Å². The van der Waals surface area contributed by atoms with E-state index in [9.17, 15) is 9.59 Å². The Kier molecular flexibility index (Phi) is 5.70. The minimum atomic E-state index is 0.00257. The van der Waals surface area contributed by atoms with Crippen molar-refractivity contribution < 1.29 is 9.53 Å². The van der Waals surface area contributed by atoms with Crippen LogP contribution < -0.4 is 15.2 Å². The van der Waals surface area contributed by atoms with Crippen LogP contribution in [0.2, 0.25) is 0 Å². The van der Waals surface area contributed by atoms with Gasteiger partial charge in [0.15, 0.2) is 0 Å². The zero-order chi connectivity index (χ0) is 24.8. The number of aryl methyl sites for hydroxylation is 1. The van der Waals surface area contributed by atoms with Crippen molar-refractivity contribution in [3.63, 3.8) is 0 Å². The molecule has 1 amide bonds. The van der Waals surface area contributed by atoms with Crippen molar-refractivity contribution in [2.24, 2.45) is 7.05 Å². The summed E-state index contributed by atoms with van der Waals surface area (Å²) in [5.74, 6) is 0.848. The molecule has 1 aliphatic carbocycles. The third-order valence-electron chi connectivity index (χ3n) is 8.02. The fourth-order valence-corrected chi connectivity index (χ4v) is 6.13. The summed E-state index contributed by atoms with van der Waals surface area (Å²) in [5.41, 5.74) is 3.30. The Morgan fingerprint density at radius 1 is 0.944 bits per heavy atom. The number of methoxy groups -OCH3 is 1. The van der Waals surface area contributed by atoms with E-state index in [0.717, 1.165) is 66.5 Å². The average Bonchev–Trinajstić information content (AvgIpc) is 3.56. The molecular weight excluding hydrogens is 452 g/mol. The van der Waals surface area contributed by atoms with E-state index < -0.39 is 0 Å². The van der Waals surface area contributed by atoms with Gasteiger partial charge in [0.05, 0.1) is 18.4 Å². The number of ether oxygens (including phenoxy) is 1. The number of carbonyl (C=O) groups excluding carboxylic acids is 1. The fraction of sp³-hybridized carbons (Fsp3) is 0.379. The van der Waals surface area contributed by atoms with Crippen LogP contribution in [0.3, 0.4) is 0 Å². The van der Waals surface area contributed by atoms with Gasteiger partial charge in [-0.05, 0) is 31.0 Å². The van der Waals surface area contributed by atoms with Crippen LogP contribution in [-0.2, 0) is 7.05 Å². The summed E-state index contributed by atoms with van der Waals surface area (Å²) < 4.78 is 9.37. The van der Waals surface area contributed by atoms with E-state index in [1.807, 2.05) is 69.7 Å². The third-order valence-corrected chi connectivity index (χ3v) is 8.02. The number of para-hydroxylation sites is 3. The summed E-state index contributed by atoms with van der Waals surface area (Å²) >= 11 is 0. The number of piperazine rings is 1. The molecule has 0 spiro atoms. The van der Waals surface area contributed by atoms with Crippen molar-refractivity contribution in [1.82, 2.24) is 14.0 Å². The highest BCUT2D eigenvalue weighted by Gasteiger charge is 2.29. The Labute approximate surface area is 210 Å². The lowest BCUT2D eigenvalue weighted by atomic mass is 10.1. The van der Waals surface area contributed by atoms with Gasteiger partial charge in [0.1, 0.15) is 11.3 Å². The minimum absolute atomic E-state index is 0.00257. The van der Waals surface area contributed by atoms with Gasteiger partial charge in [-0.25, -0.2) is 0 Å². The van der Waals surface area contributed by atoms with Crippen molar-refractivity contribution in [1.29, 1.82) is 0 Å². The molecule has 1 aliphatic heterocycles. The van der Waals surface area contributed by atoms with Gasteiger partial charge in [0, 0.05) is 61.8 Å². The second-order valence-electron chi connectivity index (χ2n) is 9.94. The van der Waals surface area contributed by atoms with E-state index in [0.29, 0.717) is 24.2 Å². The Morgan fingerprint density at radius 3 is 2.39 bits per heavy atom. The molecule has 0 N–H and O–H groups in total. The summed E-state index contributed by atoms with van der Waals surface area (Å²) in [6.07, 6.45) is 6.08. The Bertz CT molecular complexity index is 1500. The van der Waals surface area contributed by atoms with Gasteiger partial charge in [0.25, 0.3) is 11.5 Å². The molecule has 2 aliphatic rings. The molecule has 4 aromatic rings. The molecule has 36 heavy (non-hydrogen) atoms. The summed E-state index contributed by atoms with van der Waals surface area (Å²) in [7, 11) is 3.62. The number of hydrogen-bond donors (Lipinski definition) is 0. The van der Waals surface area contributed by atoms with Gasteiger partial charge in [-0.3, -0.25) is 9.59 Å². The Balaban J connectivity index is 1.40. The summed E-state index contributed by atoms with van der Waals surface area (Å²) in [6.45, 7) is 2.69. The smallest absolute Gasteiger partial charge is 0.275 e. The van der Waals surface area contributed by atoms with Crippen LogP contribution in [0, 0.1) is 0 Å². The normalized spacial score (nSPS) is 16.8. The molecule has 2 fully saturated rings. The molecule has 6 rings (SSSR count). The molecule has 1 saturated carbocycles. The quantitative estimate of drug-likeness (QED) is 0.426. The SMILES string of the molecule is COc1ccccc1N1CCN(C(=O)c2cn(C3CCCC3)c(=O)c3c2c2ccccc2n3C)CC1. The van der Waals surface area contributed by atoms with E-state index in [2.05, 4.69) is 11.0 Å². The number of nitrogens with zero attached hydrogens (tertiary/aromatic N) is 4. The minimum Gasteiger partial charge on any atom is -0.495 e. The van der Waals surface area contributed by atoms with E-state index >= 15 is 0 Å². The number of fused-ring (bicyclic) bond motifs is 3. The molecular formula is C29H32N4O3. The standard InChI is InChI=1S/C29H32N4O3/c1-30-23-12-6-5-11-21(23)26-22(19-33(29(35)27(26)30)20-9-3-4-10-20)28(34)32-17-15-31(16-18-32)24-13-7-8-14-25(24)36-2/h5-8,11-14,19-20H,3-4,9-10,15-18H2,1-2H3. The highest BCUT2D eigenvalue weighted by molar-refractivity contribution is 6.17. The largest absolute Gasteiger partial charge is 0.495 e. The highest BCUT2D eigenvalue weighted by atomic mass is 16.5. The molecule has 7 heteroatoms. The Morgan fingerprint density at radius 2 is 1.64 bits per heavy atom. The molecule has 186 valence electrons. The zero-order valence-electron chi connectivity index (χ0n) is 20.9. The average molecular weight is 485 g/mol. The number of aromatic nitrogens is 2. The van der Waals surface area contributed by atoms with Crippen LogP contribution in [0.1, 0.15) is 42.1 Å². The zero-order valence-corrected chi connectivity index (χ0v) is 20.9. The Hall–Kier alpha value is -3.74. The second-order valence-corrected chi connectivity index (χ2v) is 9.94. The molecule has 0 radical (unpaired) electrons. The lowest BCUT2D eigenvalue weighted by Gasteiger charge is -2.36. The maximum atomic E-state index is 14.1. The van der Waals surface area contributed by atoms with Crippen molar-refractivity contribution in [3.8, 4) is 5.75 Å². The number of pyridine rings is 1. The number of carbonyl (C=O) groups is 1. The second kappa shape index (κ2) is 9.04. The topological polar surface area (TPSA) is 59.7 Å². The van der Waals surface area contributed by atoms with Crippen LogP contribution >= 0.6 is 0 Å². The number of amides is 1. The van der Waals surface area contributed by atoms with Gasteiger partial charge >= 0.3 is 0 Å². The molecule has 0 atom stereocenters. The van der Waals surface area contributed by atoms with Gasteiger partial charge < -0.3 is 23.7 Å². The van der Waals surface area contributed by atoms with E-state index in [4.69, 9.17) is 4.74 Å². The maximum absolute atomic E-state index is 14.1. The molecule has 2 aromatic carbocycles. The first-order valence-corrected chi connectivity index (χ1v) is 12.9. The lowest BCUT2D eigenvalue weighted by Crippen LogP contribution is -2.49. The van der Waals surface area contributed by atoms with E-state index in [1.54, 1.807) is 7.11 Å². The summed E-state index contributed by atoms with van der Waals surface area (Å²) in [6, 6.07) is 16.2. The monoisotopic (exact) mass is 484 g/mol. The summed E-state index contributed by atoms with van der Waals surface area (Å²) in [5, 5.41) is 1.74. The molecule has 7 nitrogen and oxygen atoms in total. The molecule has 0 unspecified atom stereocenters. The van der Waals surface area contributed by atoms with Crippen molar-refractivity contribution in [2.75, 3.05) is 38.2 Å². The van der Waals surface area contributed by atoms with Crippen LogP contribution in [-0.4, -0.2) is 53.2 Å². The van der Waals surface area contributed by atoms with Crippen LogP contribution in [0.4, 0.5) is 5.69 Å². The first kappa shape index (κ1) is 22.7. The van der Waals surface area contributed by atoms with Gasteiger partial charge in [-0.2, -0.15) is 0 Å². The van der Waals surface area contributed by atoms with Gasteiger partial charge in [-0.1, -0.05) is 43.2 Å². The molecule has 3 heterocycles. The van der Waals surface area contributed by atoms with Gasteiger partial charge in [-0.15, -0.1) is 0 Å². The molecule has 1 saturated heterocycles. The van der Waals surface area contributed by atoms with Crippen LogP contribution in [0.25, 0.3) is 21.8 Å². The molecule has 0 bridgehead atoms. The lowest BCUT2D eigenvalue weighted by molar-refractivity contribution is 0.0747. The highest BCUT2D eigenvalue weighted by Crippen LogP contribution is 2.34. The van der Waals surface area contributed by atoms with Gasteiger partial charge in [0.2, 0.25) is 0 Å². The number of benzene rings is 2. The maximum Gasteiger partial charge on any atom is 0.275 e. The fourth-order valence-electron chi connectivity index (χ4n) is 6.13. The predicted molar refractivity (Wildman–Crippen MR) is 143 cm³/mol. The first-order valence-electron chi connectivity index (χ1n) is 12.9. The van der Waals surface area contributed by atoms with Crippen LogP contribution in [0.15, 0.2) is 59.5 Å². The molecule has 2 aromatic heterocycles. The first-order chi connectivity index (χ1) is 17.6. The van der Waals surface area contributed by atoms with Crippen molar-refractivity contribution >= 4 is 33.4 Å². The summed E-state index contributed by atoms with van der Waals surface area (Å²) in [4.78, 5) is 32.0. The number of anilines is 1. The third kappa shape index (κ3) is 3.56. The number of rotatable bonds is 4. The van der Waals surface area contributed by atoms with E-state index in [-0.39, 0.29) is 17.5 Å².